The topological polar surface area (TPSA) is 12.9 Å². The summed E-state index contributed by atoms with van der Waals surface area (Å²) in [7, 11) is 0. The molecule has 0 radical (unpaired) electrons. The molecule has 2 heterocycles. The maximum atomic E-state index is 4.60. The van der Waals surface area contributed by atoms with Crippen molar-refractivity contribution in [3.8, 4) is 11.1 Å². The molecule has 0 unspecified atom stereocenters. The van der Waals surface area contributed by atoms with E-state index in [1.54, 1.807) is 0 Å². The van der Waals surface area contributed by atoms with E-state index in [0.717, 1.165) is 27.6 Å². The Labute approximate surface area is 271 Å². The Morgan fingerprint density at radius 2 is 1.30 bits per heavy atom. The summed E-state index contributed by atoms with van der Waals surface area (Å²) in [5, 5.41) is 11.5. The van der Waals surface area contributed by atoms with Crippen LogP contribution in [0.25, 0.3) is 86.2 Å². The molecule has 0 fully saturated rings. The number of rotatable bonds is 4. The van der Waals surface area contributed by atoms with Crippen LogP contribution in [-0.2, 0) is 0 Å². The van der Waals surface area contributed by atoms with Crippen LogP contribution in [-0.4, -0.2) is 4.98 Å². The molecule has 46 heavy (non-hydrogen) atoms. The Bertz CT molecular complexity index is 2680. The zero-order valence-corrected chi connectivity index (χ0v) is 26.2. The number of nitrogens with zero attached hydrogens (tertiary/aromatic N) is 1. The summed E-state index contributed by atoms with van der Waals surface area (Å²) in [6, 6.07) is 46.5. The third-order valence-electron chi connectivity index (χ3n) is 9.45. The molecule has 2 heteroatoms. The van der Waals surface area contributed by atoms with E-state index in [2.05, 4.69) is 152 Å². The highest BCUT2D eigenvalue weighted by atomic mass is 32.1. The summed E-state index contributed by atoms with van der Waals surface area (Å²) in [4.78, 5) is 4.60. The van der Waals surface area contributed by atoms with Crippen molar-refractivity contribution in [3.05, 3.63) is 163 Å². The second-order valence-electron chi connectivity index (χ2n) is 12.1. The van der Waals surface area contributed by atoms with Gasteiger partial charge < -0.3 is 0 Å². The van der Waals surface area contributed by atoms with Gasteiger partial charge in [-0.3, -0.25) is 4.98 Å². The average molecular weight is 604 g/mol. The van der Waals surface area contributed by atoms with Crippen LogP contribution in [0.4, 0.5) is 0 Å². The fourth-order valence-corrected chi connectivity index (χ4v) is 8.18. The van der Waals surface area contributed by atoms with Crippen LogP contribution in [0.5, 0.6) is 0 Å². The molecule has 0 saturated heterocycles. The number of fused-ring (bicyclic) bond motifs is 10. The number of aromatic nitrogens is 1. The van der Waals surface area contributed by atoms with Gasteiger partial charge >= 0.3 is 0 Å². The van der Waals surface area contributed by atoms with Crippen LogP contribution in [0, 0.1) is 6.92 Å². The maximum absolute atomic E-state index is 4.60. The number of allylic oxidation sites excluding steroid dienone is 2. The molecule has 0 amide bonds. The first-order valence-electron chi connectivity index (χ1n) is 15.6. The summed E-state index contributed by atoms with van der Waals surface area (Å²) in [5.41, 5.74) is 8.02. The van der Waals surface area contributed by atoms with E-state index in [4.69, 9.17) is 0 Å². The number of hydrogen-bond acceptors (Lipinski definition) is 2. The third kappa shape index (κ3) is 4.18. The van der Waals surface area contributed by atoms with Gasteiger partial charge in [0.25, 0.3) is 0 Å². The predicted octanol–water partition coefficient (Wildman–Crippen LogP) is 12.8. The summed E-state index contributed by atoms with van der Waals surface area (Å²) < 4.78 is 2.59. The highest BCUT2D eigenvalue weighted by Crippen LogP contribution is 2.42. The molecule has 0 spiro atoms. The van der Waals surface area contributed by atoms with Gasteiger partial charge in [-0.05, 0) is 103 Å². The Morgan fingerprint density at radius 1 is 0.630 bits per heavy atom. The molecule has 2 aromatic heterocycles. The van der Waals surface area contributed by atoms with Crippen molar-refractivity contribution in [1.82, 2.24) is 4.98 Å². The fourth-order valence-electron chi connectivity index (χ4n) is 7.11. The van der Waals surface area contributed by atoms with E-state index in [1.807, 2.05) is 23.6 Å². The van der Waals surface area contributed by atoms with E-state index in [0.29, 0.717) is 0 Å². The van der Waals surface area contributed by atoms with Gasteiger partial charge in [0.2, 0.25) is 0 Å². The van der Waals surface area contributed by atoms with Crippen LogP contribution in [0.15, 0.2) is 146 Å². The van der Waals surface area contributed by atoms with Gasteiger partial charge in [0.15, 0.2) is 0 Å². The monoisotopic (exact) mass is 603 g/mol. The largest absolute Gasteiger partial charge is 0.256 e. The smallest absolute Gasteiger partial charge is 0.0737 e. The van der Waals surface area contributed by atoms with E-state index >= 15 is 0 Å². The molecular weight excluding hydrogens is 575 g/mol. The first-order valence-corrected chi connectivity index (χ1v) is 16.5. The first-order chi connectivity index (χ1) is 22.6. The lowest BCUT2D eigenvalue weighted by Gasteiger charge is -2.14. The molecule has 0 N–H and O–H groups in total. The quantitative estimate of drug-likeness (QED) is 0.144. The van der Waals surface area contributed by atoms with E-state index in [-0.39, 0.29) is 0 Å². The number of aryl methyl sites for hydroxylation is 1. The molecule has 7 aromatic carbocycles. The predicted molar refractivity (Wildman–Crippen MR) is 202 cm³/mol. The zero-order chi connectivity index (χ0) is 30.8. The lowest BCUT2D eigenvalue weighted by Crippen LogP contribution is -1.87. The van der Waals surface area contributed by atoms with Crippen molar-refractivity contribution in [1.29, 1.82) is 0 Å². The SMILES string of the molecule is C=C(/C=C\c1ccc2cccnc2c1C)c1ccc2sc3ccc(-c4cccc5c6ccccc6c6ccccc6c45)cc3c2c1. The van der Waals surface area contributed by atoms with Crippen LogP contribution in [0.3, 0.4) is 0 Å². The molecule has 216 valence electrons. The number of thiophene rings is 1. The lowest BCUT2D eigenvalue weighted by atomic mass is 9.89. The molecule has 0 atom stereocenters. The van der Waals surface area contributed by atoms with Crippen molar-refractivity contribution in [3.63, 3.8) is 0 Å². The Hall–Kier alpha value is -5.57. The molecule has 0 aliphatic carbocycles. The van der Waals surface area contributed by atoms with Gasteiger partial charge in [-0.2, -0.15) is 0 Å². The molecule has 0 aliphatic heterocycles. The van der Waals surface area contributed by atoms with Gasteiger partial charge in [-0.25, -0.2) is 0 Å². The minimum atomic E-state index is 0.991. The molecule has 0 bridgehead atoms. The van der Waals surface area contributed by atoms with E-state index < -0.39 is 0 Å². The van der Waals surface area contributed by atoms with Crippen molar-refractivity contribution in [2.24, 2.45) is 0 Å². The van der Waals surface area contributed by atoms with Crippen LogP contribution >= 0.6 is 11.3 Å². The average Bonchev–Trinajstić information content (AvgIpc) is 3.48. The van der Waals surface area contributed by atoms with Gasteiger partial charge in [0.05, 0.1) is 5.52 Å². The van der Waals surface area contributed by atoms with Crippen molar-refractivity contribution in [2.75, 3.05) is 0 Å². The molecule has 0 aliphatic rings. The maximum Gasteiger partial charge on any atom is 0.0737 e. The number of benzene rings is 7. The van der Waals surface area contributed by atoms with Gasteiger partial charge in [-0.15, -0.1) is 11.3 Å². The summed E-state index contributed by atoms with van der Waals surface area (Å²) in [6.07, 6.45) is 6.15. The molecular formula is C44H29NS. The highest BCUT2D eigenvalue weighted by molar-refractivity contribution is 7.25. The van der Waals surface area contributed by atoms with Gasteiger partial charge in [0.1, 0.15) is 0 Å². The van der Waals surface area contributed by atoms with Crippen molar-refractivity contribution >= 4 is 86.4 Å². The second kappa shape index (κ2) is 10.5. The van der Waals surface area contributed by atoms with Crippen molar-refractivity contribution in [2.45, 2.75) is 6.92 Å². The minimum absolute atomic E-state index is 0.991. The zero-order valence-electron chi connectivity index (χ0n) is 25.4. The van der Waals surface area contributed by atoms with E-state index in [1.165, 1.54) is 69.2 Å². The lowest BCUT2D eigenvalue weighted by molar-refractivity contribution is 1.36. The summed E-state index contributed by atoms with van der Waals surface area (Å²) in [6.45, 7) is 6.60. The van der Waals surface area contributed by atoms with Crippen LogP contribution in [0.1, 0.15) is 16.7 Å². The minimum Gasteiger partial charge on any atom is -0.256 e. The normalized spacial score (nSPS) is 12.0. The second-order valence-corrected chi connectivity index (χ2v) is 13.1. The van der Waals surface area contributed by atoms with Crippen molar-refractivity contribution < 1.29 is 0 Å². The standard InChI is InChI=1S/C44H29NS/c1-27(16-17-29-18-19-30-9-8-24-45-44(30)28(29)2)31-20-22-41-39(25-31)40-26-32(21-23-42(40)46-41)33-14-7-15-38-36-11-4-3-10-34(36)35-12-5-6-13-37(35)43(33)38/h3-26H,1H2,2H3/b17-16-. The summed E-state index contributed by atoms with van der Waals surface area (Å²) >= 11 is 1.85. The third-order valence-corrected chi connectivity index (χ3v) is 10.6. The molecule has 9 rings (SSSR count). The van der Waals surface area contributed by atoms with Gasteiger partial charge in [-0.1, -0.05) is 116 Å². The van der Waals surface area contributed by atoms with Crippen LogP contribution in [0.2, 0.25) is 0 Å². The number of hydrogen-bond donors (Lipinski definition) is 0. The Morgan fingerprint density at radius 3 is 2.09 bits per heavy atom. The Kier molecular flexibility index (Phi) is 6.12. The fraction of sp³-hybridized carbons (Fsp3) is 0.0227. The first kappa shape index (κ1) is 26.8. The molecule has 0 saturated carbocycles. The highest BCUT2D eigenvalue weighted by Gasteiger charge is 2.14. The number of pyridine rings is 1. The molecule has 9 aromatic rings. The summed E-state index contributed by atoms with van der Waals surface area (Å²) in [5.74, 6) is 0. The van der Waals surface area contributed by atoms with Gasteiger partial charge in [0, 0.05) is 31.8 Å². The van der Waals surface area contributed by atoms with E-state index in [9.17, 15) is 0 Å². The van der Waals surface area contributed by atoms with Crippen LogP contribution < -0.4 is 0 Å². The molecule has 1 nitrogen and oxygen atoms in total. The Balaban J connectivity index is 1.16.